The summed E-state index contributed by atoms with van der Waals surface area (Å²) in [5.74, 6) is 1.93. The van der Waals surface area contributed by atoms with Gasteiger partial charge in [-0.25, -0.2) is 15.0 Å². The lowest BCUT2D eigenvalue weighted by atomic mass is 10.0. The maximum Gasteiger partial charge on any atom is 0.260 e. The molecule has 1 saturated heterocycles. The van der Waals surface area contributed by atoms with Gasteiger partial charge in [0.05, 0.1) is 18.7 Å². The van der Waals surface area contributed by atoms with Gasteiger partial charge in [0.2, 0.25) is 0 Å². The maximum absolute atomic E-state index is 12.9. The Hall–Kier alpha value is -3.98. The Labute approximate surface area is 197 Å². The molecule has 4 heterocycles. The molecule has 5 rings (SSSR count). The van der Waals surface area contributed by atoms with Crippen molar-refractivity contribution >= 4 is 23.1 Å². The van der Waals surface area contributed by atoms with Crippen LogP contribution in [0.4, 0.5) is 11.6 Å². The normalized spacial score (nSPS) is 15.9. The smallest absolute Gasteiger partial charge is 0.260 e. The molecule has 34 heavy (non-hydrogen) atoms. The Kier molecular flexibility index (Phi) is 5.85. The number of hydrogen-bond acceptors (Lipinski definition) is 7. The standard InChI is InChI=1S/C25H27N7O2/c1-15-8-10-28-20(13-15)30-25(33)17-7-6-16(14-19(17)34-2)21-22-23(26)29-11-12-32(22)24(31-21)18-5-3-4-9-27-18/h6-8,10-14,18,27H,3-5,9H2,1-2H3,(H2,26,29)(H,28,30,33)/t18-/m0/s1. The quantitative estimate of drug-likeness (QED) is 0.417. The molecular formula is C25H27N7O2. The fourth-order valence-corrected chi connectivity index (χ4v) is 4.42. The molecule has 0 saturated carbocycles. The minimum absolute atomic E-state index is 0.144. The molecule has 9 nitrogen and oxygen atoms in total. The zero-order valence-electron chi connectivity index (χ0n) is 19.2. The van der Waals surface area contributed by atoms with Crippen LogP contribution in [0.25, 0.3) is 16.8 Å². The SMILES string of the molecule is COc1cc(-c2nc([C@@H]3CCCCN3)n3ccnc(N)c23)ccc1C(=O)Nc1cc(C)ccn1. The number of methoxy groups -OCH3 is 1. The first-order valence-corrected chi connectivity index (χ1v) is 11.3. The number of nitrogens with one attached hydrogen (secondary N) is 2. The van der Waals surface area contributed by atoms with E-state index in [0.29, 0.717) is 28.6 Å². The number of carbonyl (C=O) groups is 1. The highest BCUT2D eigenvalue weighted by Crippen LogP contribution is 2.34. The number of nitrogen functional groups attached to an aromatic ring is 1. The third-order valence-corrected chi connectivity index (χ3v) is 6.11. The minimum Gasteiger partial charge on any atom is -0.496 e. The molecule has 1 aromatic carbocycles. The van der Waals surface area contributed by atoms with E-state index in [0.717, 1.165) is 48.3 Å². The van der Waals surface area contributed by atoms with Gasteiger partial charge < -0.3 is 21.1 Å². The lowest BCUT2D eigenvalue weighted by molar-refractivity contribution is 0.102. The van der Waals surface area contributed by atoms with Gasteiger partial charge in [-0.05, 0) is 56.1 Å². The van der Waals surface area contributed by atoms with E-state index in [9.17, 15) is 4.79 Å². The van der Waals surface area contributed by atoms with Gasteiger partial charge in [-0.3, -0.25) is 9.20 Å². The summed E-state index contributed by atoms with van der Waals surface area (Å²) in [6, 6.07) is 9.23. The van der Waals surface area contributed by atoms with Crippen molar-refractivity contribution < 1.29 is 9.53 Å². The molecule has 0 unspecified atom stereocenters. The van der Waals surface area contributed by atoms with Crippen LogP contribution in [0.3, 0.4) is 0 Å². The number of imidazole rings is 1. The Bertz CT molecular complexity index is 1360. The summed E-state index contributed by atoms with van der Waals surface area (Å²) in [5.41, 5.74) is 9.94. The molecule has 0 spiro atoms. The molecule has 4 aromatic rings. The number of hydrogen-bond donors (Lipinski definition) is 3. The number of anilines is 2. The van der Waals surface area contributed by atoms with Gasteiger partial charge >= 0.3 is 0 Å². The van der Waals surface area contributed by atoms with Crippen molar-refractivity contribution in [1.82, 2.24) is 24.7 Å². The van der Waals surface area contributed by atoms with Crippen molar-refractivity contribution in [2.24, 2.45) is 0 Å². The van der Waals surface area contributed by atoms with Crippen molar-refractivity contribution in [3.05, 3.63) is 65.9 Å². The highest BCUT2D eigenvalue weighted by Gasteiger charge is 2.24. The maximum atomic E-state index is 12.9. The van der Waals surface area contributed by atoms with E-state index >= 15 is 0 Å². The lowest BCUT2D eigenvalue weighted by Gasteiger charge is -2.22. The number of fused-ring (bicyclic) bond motifs is 1. The zero-order valence-corrected chi connectivity index (χ0v) is 19.2. The number of carbonyl (C=O) groups excluding carboxylic acids is 1. The molecule has 1 fully saturated rings. The fourth-order valence-electron chi connectivity index (χ4n) is 4.42. The van der Waals surface area contributed by atoms with Gasteiger partial charge in [-0.2, -0.15) is 0 Å². The molecule has 0 bridgehead atoms. The highest BCUT2D eigenvalue weighted by molar-refractivity contribution is 6.06. The Morgan fingerprint density at radius 1 is 1.21 bits per heavy atom. The van der Waals surface area contributed by atoms with Gasteiger partial charge in [0.15, 0.2) is 0 Å². The van der Waals surface area contributed by atoms with E-state index in [1.807, 2.05) is 41.8 Å². The number of benzene rings is 1. The number of nitrogens with two attached hydrogens (primary N) is 1. The third-order valence-electron chi connectivity index (χ3n) is 6.11. The van der Waals surface area contributed by atoms with Gasteiger partial charge in [0.1, 0.15) is 34.4 Å². The highest BCUT2D eigenvalue weighted by atomic mass is 16.5. The van der Waals surface area contributed by atoms with Gasteiger partial charge in [0.25, 0.3) is 5.91 Å². The van der Waals surface area contributed by atoms with Crippen molar-refractivity contribution in [1.29, 1.82) is 0 Å². The third kappa shape index (κ3) is 4.06. The second kappa shape index (κ2) is 9.11. The number of aromatic nitrogens is 4. The number of ether oxygens (including phenoxy) is 1. The fraction of sp³-hybridized carbons (Fsp3) is 0.280. The van der Waals surface area contributed by atoms with Crippen LogP contribution >= 0.6 is 0 Å². The van der Waals surface area contributed by atoms with Crippen LogP contribution in [0.2, 0.25) is 0 Å². The van der Waals surface area contributed by atoms with E-state index in [-0.39, 0.29) is 11.9 Å². The molecule has 9 heteroatoms. The van der Waals surface area contributed by atoms with E-state index in [4.69, 9.17) is 15.5 Å². The van der Waals surface area contributed by atoms with Crippen molar-refractivity contribution in [3.63, 3.8) is 0 Å². The Morgan fingerprint density at radius 3 is 2.85 bits per heavy atom. The number of rotatable bonds is 5. The molecule has 3 aromatic heterocycles. The number of piperidine rings is 1. The van der Waals surface area contributed by atoms with Crippen molar-refractivity contribution in [2.45, 2.75) is 32.2 Å². The monoisotopic (exact) mass is 457 g/mol. The molecule has 1 aliphatic rings. The van der Waals surface area contributed by atoms with Crippen LogP contribution < -0.4 is 21.1 Å². The van der Waals surface area contributed by atoms with E-state index in [2.05, 4.69) is 20.6 Å². The van der Waals surface area contributed by atoms with Gasteiger partial charge in [-0.15, -0.1) is 0 Å². The Morgan fingerprint density at radius 2 is 2.09 bits per heavy atom. The van der Waals surface area contributed by atoms with Crippen LogP contribution in [0, 0.1) is 6.92 Å². The molecule has 4 N–H and O–H groups in total. The van der Waals surface area contributed by atoms with Crippen molar-refractivity contribution in [3.8, 4) is 17.0 Å². The predicted octanol–water partition coefficient (Wildman–Crippen LogP) is 3.76. The summed E-state index contributed by atoms with van der Waals surface area (Å²) < 4.78 is 7.59. The molecule has 0 radical (unpaired) electrons. The lowest BCUT2D eigenvalue weighted by Crippen LogP contribution is -2.28. The van der Waals surface area contributed by atoms with E-state index in [1.54, 1.807) is 25.6 Å². The molecule has 1 amide bonds. The largest absolute Gasteiger partial charge is 0.496 e. The zero-order chi connectivity index (χ0) is 23.7. The number of pyridine rings is 1. The number of aryl methyl sites for hydroxylation is 1. The topological polar surface area (TPSA) is 119 Å². The first-order chi connectivity index (χ1) is 16.5. The molecule has 1 aliphatic heterocycles. The summed E-state index contributed by atoms with van der Waals surface area (Å²) in [6.07, 6.45) is 8.56. The summed E-state index contributed by atoms with van der Waals surface area (Å²) >= 11 is 0. The van der Waals surface area contributed by atoms with Crippen LogP contribution in [0.15, 0.2) is 48.9 Å². The van der Waals surface area contributed by atoms with E-state index in [1.165, 1.54) is 0 Å². The van der Waals surface area contributed by atoms with Crippen LogP contribution in [-0.2, 0) is 0 Å². The minimum atomic E-state index is -0.301. The van der Waals surface area contributed by atoms with Crippen molar-refractivity contribution in [2.75, 3.05) is 24.7 Å². The molecule has 174 valence electrons. The first kappa shape index (κ1) is 21.8. The van der Waals surface area contributed by atoms with Crippen LogP contribution in [0.5, 0.6) is 5.75 Å². The number of amides is 1. The average Bonchev–Trinajstić information content (AvgIpc) is 3.25. The summed E-state index contributed by atoms with van der Waals surface area (Å²) in [4.78, 5) is 26.4. The van der Waals surface area contributed by atoms with E-state index < -0.39 is 0 Å². The Balaban J connectivity index is 1.54. The summed E-state index contributed by atoms with van der Waals surface area (Å²) in [5, 5.41) is 6.39. The van der Waals surface area contributed by atoms with Gasteiger partial charge in [0, 0.05) is 24.2 Å². The number of nitrogens with zero attached hydrogens (tertiary/aromatic N) is 4. The summed E-state index contributed by atoms with van der Waals surface area (Å²) in [7, 11) is 1.54. The summed E-state index contributed by atoms with van der Waals surface area (Å²) in [6.45, 7) is 2.91. The first-order valence-electron chi connectivity index (χ1n) is 11.3. The second-order valence-corrected chi connectivity index (χ2v) is 8.44. The van der Waals surface area contributed by atoms with Crippen LogP contribution in [0.1, 0.15) is 47.1 Å². The second-order valence-electron chi connectivity index (χ2n) is 8.44. The predicted molar refractivity (Wildman–Crippen MR) is 131 cm³/mol. The molecule has 1 atom stereocenters. The molecule has 0 aliphatic carbocycles. The van der Waals surface area contributed by atoms with Gasteiger partial charge in [-0.1, -0.05) is 12.5 Å². The average molecular weight is 458 g/mol. The van der Waals surface area contributed by atoms with Crippen LogP contribution in [-0.4, -0.2) is 38.9 Å². The molecular weight excluding hydrogens is 430 g/mol.